The van der Waals surface area contributed by atoms with E-state index in [2.05, 4.69) is 17.0 Å². The highest BCUT2D eigenvalue weighted by molar-refractivity contribution is 5.38. The van der Waals surface area contributed by atoms with Gasteiger partial charge in [0.05, 0.1) is 17.7 Å². The summed E-state index contributed by atoms with van der Waals surface area (Å²) in [6, 6.07) is 14.1. The number of para-hydroxylation sites is 1. The van der Waals surface area contributed by atoms with Crippen LogP contribution in [-0.4, -0.2) is 31.5 Å². The molecular formula is C21H25N5O4. The average molecular weight is 411 g/mol. The molecule has 0 saturated heterocycles. The second kappa shape index (κ2) is 9.25. The van der Waals surface area contributed by atoms with E-state index in [0.29, 0.717) is 17.1 Å². The number of rotatable bonds is 8. The maximum absolute atomic E-state index is 11.5. The largest absolute Gasteiger partial charge is 0.494 e. The Morgan fingerprint density at radius 2 is 1.93 bits per heavy atom. The van der Waals surface area contributed by atoms with Crippen LogP contribution in [0, 0.1) is 17.0 Å². The van der Waals surface area contributed by atoms with E-state index < -0.39 is 16.8 Å². The summed E-state index contributed by atoms with van der Waals surface area (Å²) in [4.78, 5) is 16.9. The van der Waals surface area contributed by atoms with Gasteiger partial charge in [0.15, 0.2) is 0 Å². The first kappa shape index (κ1) is 21.1. The van der Waals surface area contributed by atoms with Crippen molar-refractivity contribution in [1.82, 2.24) is 14.7 Å². The first-order valence-corrected chi connectivity index (χ1v) is 9.81. The van der Waals surface area contributed by atoms with Crippen molar-refractivity contribution in [3.05, 3.63) is 75.3 Å². The third kappa shape index (κ3) is 4.51. The molecular weight excluding hydrogens is 386 g/mol. The van der Waals surface area contributed by atoms with Gasteiger partial charge in [0.2, 0.25) is 0 Å². The summed E-state index contributed by atoms with van der Waals surface area (Å²) in [5.41, 5.74) is 1.93. The van der Waals surface area contributed by atoms with Gasteiger partial charge in [0, 0.05) is 0 Å². The quantitative estimate of drug-likeness (QED) is 0.261. The van der Waals surface area contributed by atoms with Crippen molar-refractivity contribution < 1.29 is 14.9 Å². The molecule has 1 heterocycles. The Hall–Kier alpha value is -3.62. The molecule has 0 aliphatic carbocycles. The van der Waals surface area contributed by atoms with E-state index in [-0.39, 0.29) is 5.49 Å². The molecule has 0 unspecified atom stereocenters. The lowest BCUT2D eigenvalue weighted by atomic mass is 10.1. The van der Waals surface area contributed by atoms with Gasteiger partial charge in [-0.15, -0.1) is 0 Å². The fraction of sp³-hybridized carbons (Fsp3) is 0.333. The topological polar surface area (TPSA) is 108 Å². The van der Waals surface area contributed by atoms with E-state index in [1.807, 2.05) is 43.3 Å². The molecule has 0 bridgehead atoms. The fourth-order valence-corrected chi connectivity index (χ4v) is 2.96. The second-order valence-corrected chi connectivity index (χ2v) is 6.95. The van der Waals surface area contributed by atoms with Gasteiger partial charge in [0.25, 0.3) is 5.49 Å². The van der Waals surface area contributed by atoms with Crippen LogP contribution in [0.15, 0.2) is 53.5 Å². The molecule has 9 heteroatoms. The molecule has 0 amide bonds. The van der Waals surface area contributed by atoms with Crippen LogP contribution in [0.3, 0.4) is 0 Å². The Morgan fingerprint density at radius 1 is 1.23 bits per heavy atom. The number of hydrogen-bond donors (Lipinski definition) is 1. The van der Waals surface area contributed by atoms with E-state index in [0.717, 1.165) is 34.5 Å². The summed E-state index contributed by atoms with van der Waals surface area (Å²) >= 11 is 0. The monoisotopic (exact) mass is 411 g/mol. The molecule has 3 rings (SSSR count). The molecule has 3 aromatic rings. The lowest BCUT2D eigenvalue weighted by molar-refractivity contribution is -0.391. The highest BCUT2D eigenvalue weighted by Crippen LogP contribution is 2.21. The average Bonchev–Trinajstić information content (AvgIpc) is 3.05. The number of nitrogens with zero attached hydrogens (tertiary/aromatic N) is 5. The van der Waals surface area contributed by atoms with Crippen LogP contribution in [0.1, 0.15) is 43.9 Å². The van der Waals surface area contributed by atoms with Gasteiger partial charge in [-0.25, -0.2) is 4.99 Å². The second-order valence-electron chi connectivity index (χ2n) is 6.95. The Kier molecular flexibility index (Phi) is 6.51. The van der Waals surface area contributed by atoms with Crippen LogP contribution in [0.2, 0.25) is 0 Å². The third-order valence-corrected chi connectivity index (χ3v) is 4.71. The van der Waals surface area contributed by atoms with E-state index >= 15 is 0 Å². The van der Waals surface area contributed by atoms with Crippen molar-refractivity contribution in [1.29, 1.82) is 0 Å². The number of unbranched alkanes of at least 4 members (excludes halogenated alkanes) is 1. The van der Waals surface area contributed by atoms with Crippen LogP contribution in [0.4, 0.5) is 5.82 Å². The summed E-state index contributed by atoms with van der Waals surface area (Å²) in [5.74, 6) is 0.238. The molecule has 0 radical (unpaired) electrons. The molecule has 30 heavy (non-hydrogen) atoms. The fourth-order valence-electron chi connectivity index (χ4n) is 2.96. The van der Waals surface area contributed by atoms with Gasteiger partial charge in [-0.3, -0.25) is 0 Å². The summed E-state index contributed by atoms with van der Waals surface area (Å²) in [7, 11) is 0. The summed E-state index contributed by atoms with van der Waals surface area (Å²) in [6.45, 7) is 6.38. The Bertz CT molecular complexity index is 1090. The maximum atomic E-state index is 11.5. The van der Waals surface area contributed by atoms with Crippen molar-refractivity contribution in [3.8, 4) is 11.4 Å². The predicted octanol–water partition coefficient (Wildman–Crippen LogP) is 3.97. The third-order valence-electron chi connectivity index (χ3n) is 4.71. The molecule has 0 spiro atoms. The first-order chi connectivity index (χ1) is 14.4. The van der Waals surface area contributed by atoms with Crippen molar-refractivity contribution in [3.63, 3.8) is 0 Å². The minimum atomic E-state index is -0.655. The number of aryl methyl sites for hydroxylation is 1. The summed E-state index contributed by atoms with van der Waals surface area (Å²) < 4.78 is 5.66. The number of ether oxygens (including phenoxy) is 1. The number of nitro groups is 1. The minimum absolute atomic E-state index is 0.223. The molecule has 9 nitrogen and oxygen atoms in total. The molecule has 0 saturated carbocycles. The Morgan fingerprint density at radius 3 is 2.57 bits per heavy atom. The van der Waals surface area contributed by atoms with Gasteiger partial charge in [-0.05, 0) is 59.3 Å². The molecule has 0 fully saturated rings. The molecule has 1 atom stereocenters. The van der Waals surface area contributed by atoms with Crippen LogP contribution in [-0.2, 0) is 0 Å². The molecule has 2 aromatic carbocycles. The van der Waals surface area contributed by atoms with E-state index in [9.17, 15) is 15.3 Å². The van der Waals surface area contributed by atoms with Gasteiger partial charge >= 0.3 is 5.82 Å². The zero-order chi connectivity index (χ0) is 21.7. The smallest absolute Gasteiger partial charge is 0.438 e. The van der Waals surface area contributed by atoms with E-state index in [4.69, 9.17) is 4.74 Å². The van der Waals surface area contributed by atoms with Crippen LogP contribution in [0.25, 0.3) is 5.69 Å². The van der Waals surface area contributed by atoms with Gasteiger partial charge in [-0.1, -0.05) is 48.5 Å². The van der Waals surface area contributed by atoms with E-state index in [1.165, 1.54) is 0 Å². The van der Waals surface area contributed by atoms with Gasteiger partial charge in [-0.2, -0.15) is 0 Å². The minimum Gasteiger partial charge on any atom is -0.494 e. The number of hydrogen-bond acceptors (Lipinski definition) is 6. The van der Waals surface area contributed by atoms with E-state index in [1.54, 1.807) is 19.1 Å². The standard InChI is InChI=1S/C21H25N5O4/c1-4-5-14-30-18-12-10-17(11-13-18)16(3)22-20-21(26(28)29)23-24(25(20)27)19-9-7-6-8-15(19)2/h6-13,16,27H,4-5,14H2,1-3H3/t16-/m0/s1. The van der Waals surface area contributed by atoms with Crippen molar-refractivity contribution in [2.24, 2.45) is 4.99 Å². The van der Waals surface area contributed by atoms with Gasteiger partial charge < -0.3 is 20.1 Å². The van der Waals surface area contributed by atoms with Gasteiger partial charge in [0.1, 0.15) is 11.4 Å². The molecule has 158 valence electrons. The lowest BCUT2D eigenvalue weighted by Gasteiger charge is -2.09. The Labute approximate surface area is 174 Å². The molecule has 0 aliphatic heterocycles. The SMILES string of the molecule is CCCCOc1ccc([C@H](C)N=c2c([N+](=O)[O-])nn(-c3ccccc3C)n2O)cc1. The zero-order valence-electron chi connectivity index (χ0n) is 17.2. The lowest BCUT2D eigenvalue weighted by Crippen LogP contribution is -2.23. The highest BCUT2D eigenvalue weighted by Gasteiger charge is 2.25. The molecule has 0 aliphatic rings. The number of aromatic nitrogens is 3. The number of benzene rings is 2. The Balaban J connectivity index is 1.96. The highest BCUT2D eigenvalue weighted by atomic mass is 16.6. The van der Waals surface area contributed by atoms with Crippen molar-refractivity contribution >= 4 is 5.82 Å². The van der Waals surface area contributed by atoms with Crippen LogP contribution < -0.4 is 10.2 Å². The van der Waals surface area contributed by atoms with Crippen molar-refractivity contribution in [2.45, 2.75) is 39.7 Å². The predicted molar refractivity (Wildman–Crippen MR) is 111 cm³/mol. The maximum Gasteiger partial charge on any atom is 0.438 e. The van der Waals surface area contributed by atoms with Crippen molar-refractivity contribution in [2.75, 3.05) is 6.61 Å². The normalized spacial score (nSPS) is 12.7. The molecule has 1 N–H and O–H groups in total. The summed E-state index contributed by atoms with van der Waals surface area (Å²) in [5, 5.41) is 26.1. The summed E-state index contributed by atoms with van der Waals surface area (Å²) in [6.07, 6.45) is 2.04. The zero-order valence-corrected chi connectivity index (χ0v) is 17.2. The molecule has 1 aromatic heterocycles. The van der Waals surface area contributed by atoms with Crippen LogP contribution in [0.5, 0.6) is 5.75 Å². The first-order valence-electron chi connectivity index (χ1n) is 9.81. The van der Waals surface area contributed by atoms with Crippen LogP contribution >= 0.6 is 0 Å².